The summed E-state index contributed by atoms with van der Waals surface area (Å²) in [4.78, 5) is 95.1. The zero-order chi connectivity index (χ0) is 85.4. The minimum Gasteiger partial charge on any atom is -0.458 e. The van der Waals surface area contributed by atoms with Crippen LogP contribution in [0.25, 0.3) is 0 Å². The van der Waals surface area contributed by atoms with Crippen LogP contribution in [0.15, 0.2) is 72.9 Å². The summed E-state index contributed by atoms with van der Waals surface area (Å²) in [7, 11) is 0. The number of fused-ring (bicyclic) bond motifs is 4. The highest BCUT2D eigenvalue weighted by Gasteiger charge is 2.62. The summed E-state index contributed by atoms with van der Waals surface area (Å²) >= 11 is 0. The summed E-state index contributed by atoms with van der Waals surface area (Å²) < 4.78 is 39.4. The van der Waals surface area contributed by atoms with E-state index >= 15 is 0 Å². The molecule has 644 valence electrons. The highest BCUT2D eigenvalue weighted by Crippen LogP contribution is 2.51. The molecule has 4 saturated heterocycles. The Hall–Kier alpha value is -4.83. The van der Waals surface area contributed by atoms with E-state index in [1.807, 2.05) is 64.2 Å². The van der Waals surface area contributed by atoms with E-state index in [1.54, 1.807) is 48.5 Å². The van der Waals surface area contributed by atoms with Gasteiger partial charge in [0.1, 0.15) is 35.0 Å². The van der Waals surface area contributed by atoms with Gasteiger partial charge in [0, 0.05) is 90.1 Å². The van der Waals surface area contributed by atoms with Crippen LogP contribution < -0.4 is 0 Å². The normalized spacial score (nSPS) is 46.5. The lowest BCUT2D eigenvalue weighted by Gasteiger charge is -2.55. The van der Waals surface area contributed by atoms with Gasteiger partial charge in [-0.2, -0.15) is 0 Å². The third-order valence-corrected chi connectivity index (χ3v) is 26.6. The van der Waals surface area contributed by atoms with E-state index in [0.717, 1.165) is 25.7 Å². The highest BCUT2D eigenvalue weighted by molar-refractivity contribution is 5.92. The lowest BCUT2D eigenvalue weighted by molar-refractivity contribution is -0.371. The Bertz CT molecular complexity index is 3280. The number of rotatable bonds is 6. The fourth-order valence-electron chi connectivity index (χ4n) is 17.9. The molecular formula is C90H146O23. The molecule has 36 unspecified atom stereocenters. The van der Waals surface area contributed by atoms with E-state index in [1.165, 1.54) is 79.7 Å². The molecule has 23 heteroatoms. The molecule has 6 aliphatic heterocycles. The van der Waals surface area contributed by atoms with Crippen LogP contribution in [0.1, 0.15) is 236 Å². The van der Waals surface area contributed by atoms with Crippen LogP contribution in [0, 0.1) is 107 Å². The fraction of sp³-hybridized carbons (Fsp3) is 0.789. The highest BCUT2D eigenvalue weighted by atomic mass is 16.7. The van der Waals surface area contributed by atoms with Crippen LogP contribution in [0.4, 0.5) is 0 Å². The van der Waals surface area contributed by atoms with Crippen LogP contribution in [-0.4, -0.2) is 200 Å². The second-order valence-corrected chi connectivity index (χ2v) is 35.9. The quantitative estimate of drug-likeness (QED) is 0.110. The molecule has 10 N–H and O–H groups in total. The molecule has 6 rings (SSSR count). The predicted octanol–water partition coefficient (Wildman–Crippen LogP) is 10.9. The topological polar surface area (TPSA) is 377 Å². The maximum Gasteiger partial charge on any atom is 0.330 e. The first-order chi connectivity index (χ1) is 52.6. The van der Waals surface area contributed by atoms with Gasteiger partial charge in [-0.25, -0.2) is 9.59 Å². The number of allylic oxidation sites excluding steroid dienone is 8. The molecule has 0 saturated carbocycles. The van der Waals surface area contributed by atoms with Crippen molar-refractivity contribution in [2.45, 2.75) is 344 Å². The van der Waals surface area contributed by atoms with Crippen molar-refractivity contribution in [2.75, 3.05) is 0 Å². The van der Waals surface area contributed by atoms with E-state index in [4.69, 9.17) is 28.4 Å². The van der Waals surface area contributed by atoms with Crippen LogP contribution in [0.2, 0.25) is 0 Å². The van der Waals surface area contributed by atoms with Crippen molar-refractivity contribution in [2.24, 2.45) is 107 Å². The smallest absolute Gasteiger partial charge is 0.330 e. The molecule has 6 aliphatic rings. The van der Waals surface area contributed by atoms with Gasteiger partial charge in [0.2, 0.25) is 5.79 Å². The Morgan fingerprint density at radius 1 is 0.442 bits per heavy atom. The molecule has 0 radical (unpaired) electrons. The molecule has 2 spiro atoms. The van der Waals surface area contributed by atoms with E-state index < -0.39 is 196 Å². The largest absolute Gasteiger partial charge is 0.458 e. The number of carbonyl (C=O) groups is 7. The number of carbonyl (C=O) groups excluding carboxylic acids is 7. The lowest BCUT2D eigenvalue weighted by Crippen LogP contribution is -2.66. The van der Waals surface area contributed by atoms with Gasteiger partial charge in [-0.05, 0) is 134 Å². The average Bonchev–Trinajstić information content (AvgIpc) is 0.788. The van der Waals surface area contributed by atoms with Crippen molar-refractivity contribution in [3.63, 3.8) is 0 Å². The Kier molecular flexibility index (Phi) is 37.8. The fourth-order valence-corrected chi connectivity index (χ4v) is 17.9. The molecule has 0 aromatic heterocycles. The second-order valence-electron chi connectivity index (χ2n) is 35.9. The summed E-state index contributed by atoms with van der Waals surface area (Å²) in [6.07, 6.45) is 16.2. The molecule has 4 bridgehead atoms. The van der Waals surface area contributed by atoms with Gasteiger partial charge in [0.05, 0.1) is 79.2 Å². The van der Waals surface area contributed by atoms with Gasteiger partial charge in [0.15, 0.2) is 23.1 Å². The minimum atomic E-state index is -2.21. The van der Waals surface area contributed by atoms with Gasteiger partial charge in [-0.1, -0.05) is 185 Å². The van der Waals surface area contributed by atoms with Crippen LogP contribution >= 0.6 is 0 Å². The maximum atomic E-state index is 14.0. The zero-order valence-electron chi connectivity index (χ0n) is 71.9. The third-order valence-electron chi connectivity index (χ3n) is 26.6. The van der Waals surface area contributed by atoms with Crippen molar-refractivity contribution >= 4 is 40.9 Å². The molecular weight excluding hydrogens is 1450 g/mol. The Morgan fingerprint density at radius 2 is 0.823 bits per heavy atom. The monoisotopic (exact) mass is 1600 g/mol. The van der Waals surface area contributed by atoms with Gasteiger partial charge >= 0.3 is 11.9 Å². The lowest BCUT2D eigenvalue weighted by atomic mass is 9.74. The molecule has 23 nitrogen and oxygen atoms in total. The Balaban J connectivity index is 0.000000404. The molecule has 4 fully saturated rings. The first-order valence-electron chi connectivity index (χ1n) is 42.3. The molecule has 6 heterocycles. The molecule has 0 aliphatic carbocycles. The van der Waals surface area contributed by atoms with Crippen molar-refractivity contribution in [1.82, 2.24) is 0 Å². The number of hydrogen-bond acceptors (Lipinski definition) is 23. The first kappa shape index (κ1) is 98.7. The van der Waals surface area contributed by atoms with Gasteiger partial charge in [-0.3, -0.25) is 24.0 Å². The molecule has 0 aromatic carbocycles. The van der Waals surface area contributed by atoms with Gasteiger partial charge in [-0.15, -0.1) is 0 Å². The number of aliphatic hydroxyl groups is 10. The third kappa shape index (κ3) is 24.7. The van der Waals surface area contributed by atoms with Crippen LogP contribution in [0.3, 0.4) is 0 Å². The second kappa shape index (κ2) is 43.2. The number of ether oxygens (including phenoxy) is 6. The van der Waals surface area contributed by atoms with Gasteiger partial charge < -0.3 is 79.5 Å². The van der Waals surface area contributed by atoms with Gasteiger partial charge in [0.25, 0.3) is 0 Å². The first-order valence-corrected chi connectivity index (χ1v) is 42.3. The standard InChI is InChI=1S/C45H72O12.C45H74O11/c1-12-33-17-15-13-14-16-25(3)42(52)44(11,54)43(53)31(9)40(51)30(8)39(50)29(7)38(49)24(2)18-21-37(48)55-41-28(6)34(20-19-33)56-45(32(41)10)36(47)22-26(4)35(57-45)23-27(5)46;1-12-34-17-15-13-14-16-27(4)42(51)44(11,53)43(52)32(9)40(50)31(8)39(49)30(7)38(48)26(3)18-21-37(47)54-41-29(6)35(20-19-34)55-45(33(41)10)23-22-25(2)36(56-45)24-28(5)46/h13-15,17-18,21,24-35,38,40-42,46,49,51-52,54H,12,16,19-20,22-23H2,1-11H3;13-15,17-18,21,25-36,38,40-42,46,48,50-51,53H,12,16,19-20,22-24H2,1-11H3/b2*14-13+,17-15+,21-18+. The summed E-state index contributed by atoms with van der Waals surface area (Å²) in [6.45, 7) is 37.4. The van der Waals surface area contributed by atoms with Crippen LogP contribution in [0.5, 0.6) is 0 Å². The number of hydrogen-bond donors (Lipinski definition) is 10. The molecule has 113 heavy (non-hydrogen) atoms. The van der Waals surface area contributed by atoms with Crippen molar-refractivity contribution in [1.29, 1.82) is 0 Å². The Labute approximate surface area is 674 Å². The van der Waals surface area contributed by atoms with Crippen molar-refractivity contribution < 1.29 is 113 Å². The molecule has 0 aromatic rings. The number of ketones is 5. The van der Waals surface area contributed by atoms with E-state index in [0.29, 0.717) is 51.4 Å². The summed E-state index contributed by atoms with van der Waals surface area (Å²) in [5.41, 5.74) is -4.39. The minimum absolute atomic E-state index is 0.132. The summed E-state index contributed by atoms with van der Waals surface area (Å²) in [5.74, 6) is -16.8. The van der Waals surface area contributed by atoms with Crippen molar-refractivity contribution in [3.8, 4) is 0 Å². The number of Topliss-reactive ketones (excluding diaryl/α,β-unsaturated/α-hetero) is 5. The maximum absolute atomic E-state index is 14.0. The zero-order valence-corrected chi connectivity index (χ0v) is 71.9. The average molecular weight is 1600 g/mol. The number of aliphatic hydroxyl groups excluding tert-OH is 8. The van der Waals surface area contributed by atoms with E-state index in [9.17, 15) is 84.6 Å². The van der Waals surface area contributed by atoms with Crippen molar-refractivity contribution in [3.05, 3.63) is 72.9 Å². The van der Waals surface area contributed by atoms with E-state index in [-0.39, 0.29) is 65.8 Å². The predicted molar refractivity (Wildman–Crippen MR) is 430 cm³/mol. The molecule has 36 atom stereocenters. The van der Waals surface area contributed by atoms with E-state index in [2.05, 4.69) is 32.9 Å². The summed E-state index contributed by atoms with van der Waals surface area (Å²) in [6, 6.07) is 0. The molecule has 0 amide bonds. The Morgan fingerprint density at radius 3 is 1.22 bits per heavy atom. The number of esters is 2. The SMILES string of the molecule is CCC1/C=C/C=C/CC(C)C(O)C(C)(O)C(=O)C(C)C(O)C(C)C(=O)C(C)C(O)C(C)/C=C/C(=O)OC2C(C)C(CC1)OC1(CCC(C)C(CC(C)O)O1)C2C.CCC1/C=C/C=C/CC(C)C(O)C(C)(O)C(=O)C(C)C(O)C(C)C(=O)C(C)C(O)C(C)/C=C/C(=O)OC2C(C)C(CC1)OC1(OC(CC(C)O)C(C)CC1=O)C2C. The summed E-state index contributed by atoms with van der Waals surface area (Å²) in [5, 5.41) is 110. The van der Waals surface area contributed by atoms with Crippen LogP contribution in [-0.2, 0) is 62.0 Å².